The van der Waals surface area contributed by atoms with Crippen LogP contribution in [0.5, 0.6) is 0 Å². The number of nitrogens with zero attached hydrogens (tertiary/aromatic N) is 4. The number of aliphatic imine (C=N–C) groups is 1. The number of ether oxygens (including phenoxy) is 6. The van der Waals surface area contributed by atoms with Gasteiger partial charge in [-0.15, -0.1) is 0 Å². The predicted octanol–water partition coefficient (Wildman–Crippen LogP) is 4.80. The molecular weight excluding hydrogens is 829 g/mol. The van der Waals surface area contributed by atoms with E-state index in [9.17, 15) is 28.8 Å². The minimum atomic E-state index is -0.990. The van der Waals surface area contributed by atoms with Crippen LogP contribution in [0.25, 0.3) is 0 Å². The molecule has 0 bridgehead atoms. The van der Waals surface area contributed by atoms with Gasteiger partial charge in [-0.2, -0.15) is 4.98 Å². The van der Waals surface area contributed by atoms with Gasteiger partial charge in [0.1, 0.15) is 24.0 Å². The number of rotatable bonds is 26. The van der Waals surface area contributed by atoms with Gasteiger partial charge in [0.15, 0.2) is 24.4 Å². The highest BCUT2D eigenvalue weighted by Gasteiger charge is 2.49. The van der Waals surface area contributed by atoms with Gasteiger partial charge in [0.25, 0.3) is 0 Å². The summed E-state index contributed by atoms with van der Waals surface area (Å²) < 4.78 is 38.0. The molecule has 2 amide bonds. The highest BCUT2D eigenvalue weighted by molar-refractivity contribution is 5.89. The molecule has 2 fully saturated rings. The smallest absolute Gasteiger partial charge is 0.351 e. The SMILES string of the molecule is CC[C@H]1O[C@@H](n2ccc(/N=C\N(C)C)nc2=O)[C@@H](OC(=O)CCC(C)=O)C1OCCCCCCNC(=O)CCCCO[C@@H]1O[C@H](CC)[C@H](C)[C@H](OC(=O)c2ccccc2)[C@H]1NC(C)=O. The molecule has 3 heterocycles. The Bertz CT molecular complexity index is 1890. The van der Waals surface area contributed by atoms with Gasteiger partial charge in [-0.25, -0.2) is 14.6 Å². The molecule has 2 saturated heterocycles. The molecule has 0 radical (unpaired) electrons. The van der Waals surface area contributed by atoms with E-state index in [2.05, 4.69) is 20.6 Å². The summed E-state index contributed by atoms with van der Waals surface area (Å²) in [6.45, 7) is 9.81. The molecule has 2 aliphatic heterocycles. The highest BCUT2D eigenvalue weighted by atomic mass is 16.7. The molecule has 0 aliphatic carbocycles. The topological polar surface area (TPSA) is 215 Å². The molecule has 1 aromatic carbocycles. The third-order valence-electron chi connectivity index (χ3n) is 11.0. The van der Waals surface area contributed by atoms with Crippen LogP contribution >= 0.6 is 0 Å². The van der Waals surface area contributed by atoms with Crippen molar-refractivity contribution in [3.8, 4) is 0 Å². The fourth-order valence-corrected chi connectivity index (χ4v) is 7.64. The first-order chi connectivity index (χ1) is 30.7. The van der Waals surface area contributed by atoms with Gasteiger partial charge in [-0.3, -0.25) is 19.0 Å². The lowest BCUT2D eigenvalue weighted by Gasteiger charge is -2.45. The molecule has 2 aromatic rings. The van der Waals surface area contributed by atoms with Crippen LogP contribution in [0, 0.1) is 5.92 Å². The van der Waals surface area contributed by atoms with E-state index in [4.69, 9.17) is 28.4 Å². The Morgan fingerprint density at radius 3 is 2.20 bits per heavy atom. The molecule has 64 heavy (non-hydrogen) atoms. The minimum absolute atomic E-state index is 0.0335. The molecule has 18 nitrogen and oxygen atoms in total. The molecule has 354 valence electrons. The van der Waals surface area contributed by atoms with Crippen LogP contribution in [-0.2, 0) is 47.6 Å². The Morgan fingerprint density at radius 1 is 0.828 bits per heavy atom. The Balaban J connectivity index is 1.18. The summed E-state index contributed by atoms with van der Waals surface area (Å²) in [4.78, 5) is 85.3. The van der Waals surface area contributed by atoms with Gasteiger partial charge >= 0.3 is 17.6 Å². The van der Waals surface area contributed by atoms with Crippen molar-refractivity contribution < 1.29 is 52.4 Å². The summed E-state index contributed by atoms with van der Waals surface area (Å²) in [7, 11) is 3.59. The van der Waals surface area contributed by atoms with E-state index >= 15 is 0 Å². The van der Waals surface area contributed by atoms with E-state index in [1.807, 2.05) is 26.8 Å². The molecule has 2 aliphatic rings. The molecule has 2 N–H and O–H groups in total. The van der Waals surface area contributed by atoms with Crippen molar-refractivity contribution in [2.75, 3.05) is 33.9 Å². The van der Waals surface area contributed by atoms with Crippen LogP contribution < -0.4 is 16.3 Å². The Morgan fingerprint density at radius 2 is 1.53 bits per heavy atom. The first-order valence-electron chi connectivity index (χ1n) is 22.5. The number of ketones is 1. The minimum Gasteiger partial charge on any atom is -0.456 e. The van der Waals surface area contributed by atoms with Crippen molar-refractivity contribution in [2.24, 2.45) is 10.9 Å². The van der Waals surface area contributed by atoms with E-state index in [0.717, 1.165) is 19.3 Å². The number of aromatic nitrogens is 2. The fourth-order valence-electron chi connectivity index (χ4n) is 7.64. The standard InChI is InChI=1S/C46H68N6O12/c1-8-34-31(4)40(64-44(57)33-19-13-12-14-20-33)39(49-32(5)54)45(62-34)60-28-18-15-21-37(55)47-25-16-10-11-17-27-59-41-35(9-2)61-43(42(41)63-38(56)23-22-30(3)53)52-26-24-36(50-46(52)58)48-29-51(6)7/h12-14,19-20,24,26,29,31,34-35,39-43,45H,8-11,15-18,21-23,25,27-28H2,1-7H3,(H,47,55)(H,49,54)/b48-29-/t31-,34+,35+,39+,40-,41?,42-,43+,45+/m0/s1. The number of hydrogen-bond donors (Lipinski definition) is 2. The first-order valence-corrected chi connectivity index (χ1v) is 22.5. The molecule has 1 unspecified atom stereocenters. The van der Waals surface area contributed by atoms with Crippen LogP contribution in [0.2, 0.25) is 0 Å². The summed E-state index contributed by atoms with van der Waals surface area (Å²) in [5.41, 5.74) is -0.210. The maximum absolute atomic E-state index is 13.1. The third kappa shape index (κ3) is 16.2. The van der Waals surface area contributed by atoms with Gasteiger partial charge in [0.05, 0.1) is 30.5 Å². The van der Waals surface area contributed by atoms with Crippen LogP contribution in [0.4, 0.5) is 5.82 Å². The first kappa shape index (κ1) is 51.6. The number of hydrogen-bond acceptors (Lipinski definition) is 14. The second-order valence-corrected chi connectivity index (χ2v) is 16.5. The van der Waals surface area contributed by atoms with Gasteiger partial charge in [0.2, 0.25) is 11.8 Å². The van der Waals surface area contributed by atoms with Crippen molar-refractivity contribution in [1.82, 2.24) is 25.1 Å². The maximum atomic E-state index is 13.1. The lowest BCUT2D eigenvalue weighted by atomic mass is 9.87. The zero-order valence-corrected chi connectivity index (χ0v) is 38.4. The summed E-state index contributed by atoms with van der Waals surface area (Å²) in [6.07, 6.45) is 3.96. The molecule has 0 saturated carbocycles. The Kier molecular flexibility index (Phi) is 21.5. The van der Waals surface area contributed by atoms with Crippen molar-refractivity contribution in [3.05, 3.63) is 58.6 Å². The van der Waals surface area contributed by atoms with Gasteiger partial charge in [-0.05, 0) is 63.6 Å². The zero-order valence-electron chi connectivity index (χ0n) is 38.4. The molecule has 4 rings (SSSR count). The van der Waals surface area contributed by atoms with Crippen LogP contribution in [0.1, 0.15) is 122 Å². The summed E-state index contributed by atoms with van der Waals surface area (Å²) in [5, 5.41) is 5.86. The van der Waals surface area contributed by atoms with Gasteiger partial charge in [0, 0.05) is 65.7 Å². The van der Waals surface area contributed by atoms with Crippen LogP contribution in [0.3, 0.4) is 0 Å². The van der Waals surface area contributed by atoms with Crippen molar-refractivity contribution in [3.63, 3.8) is 0 Å². The van der Waals surface area contributed by atoms with Crippen molar-refractivity contribution in [1.29, 1.82) is 0 Å². The van der Waals surface area contributed by atoms with E-state index < -0.39 is 60.6 Å². The summed E-state index contributed by atoms with van der Waals surface area (Å²) in [5.74, 6) is -1.56. The maximum Gasteiger partial charge on any atom is 0.351 e. The average molecular weight is 897 g/mol. The Labute approximate surface area is 376 Å². The number of amides is 2. The molecule has 9 atom stereocenters. The van der Waals surface area contributed by atoms with Crippen LogP contribution in [0.15, 0.2) is 52.4 Å². The van der Waals surface area contributed by atoms with Crippen molar-refractivity contribution >= 4 is 41.7 Å². The quantitative estimate of drug-likeness (QED) is 0.0562. The monoisotopic (exact) mass is 896 g/mol. The molecule has 0 spiro atoms. The van der Waals surface area contributed by atoms with Crippen LogP contribution in [-0.4, -0.2) is 127 Å². The van der Waals surface area contributed by atoms with E-state index in [1.165, 1.54) is 30.9 Å². The van der Waals surface area contributed by atoms with Gasteiger partial charge in [-0.1, -0.05) is 51.8 Å². The van der Waals surface area contributed by atoms with E-state index in [-0.39, 0.29) is 54.9 Å². The number of esters is 2. The molecule has 1 aromatic heterocycles. The van der Waals surface area contributed by atoms with E-state index in [0.29, 0.717) is 57.2 Å². The number of carbonyl (C=O) groups excluding carboxylic acids is 5. The van der Waals surface area contributed by atoms with Gasteiger partial charge < -0.3 is 48.7 Å². The van der Waals surface area contributed by atoms with Crippen molar-refractivity contribution in [2.45, 2.75) is 154 Å². The van der Waals surface area contributed by atoms with E-state index in [1.54, 1.807) is 49.3 Å². The highest BCUT2D eigenvalue weighted by Crippen LogP contribution is 2.35. The fraction of sp³-hybridized carbons (Fsp3) is 0.652. The molecule has 18 heteroatoms. The normalized spacial score (nSPS) is 24.3. The second kappa shape index (κ2) is 26.7. The average Bonchev–Trinajstić information content (AvgIpc) is 3.60. The number of nitrogens with one attached hydrogen (secondary N) is 2. The lowest BCUT2D eigenvalue weighted by Crippen LogP contribution is -2.62. The number of carbonyl (C=O) groups is 5. The summed E-state index contributed by atoms with van der Waals surface area (Å²) >= 11 is 0. The Hall–Kier alpha value is -5.04. The largest absolute Gasteiger partial charge is 0.456 e. The third-order valence-corrected chi connectivity index (χ3v) is 11.0. The number of benzene rings is 1. The number of unbranched alkanes of at least 4 members (excludes halogenated alkanes) is 4. The summed E-state index contributed by atoms with van der Waals surface area (Å²) in [6, 6.07) is 9.55. The second-order valence-electron chi connectivity index (χ2n) is 16.5. The molecular formula is C46H68N6O12. The predicted molar refractivity (Wildman–Crippen MR) is 237 cm³/mol. The number of Topliss-reactive ketones (excluding diaryl/α,β-unsaturated/α-hetero) is 1. The zero-order chi connectivity index (χ0) is 46.6. The lowest BCUT2D eigenvalue weighted by molar-refractivity contribution is -0.249.